The van der Waals surface area contributed by atoms with E-state index in [2.05, 4.69) is 0 Å². The summed E-state index contributed by atoms with van der Waals surface area (Å²) in [6, 6.07) is 2.72. The summed E-state index contributed by atoms with van der Waals surface area (Å²) in [5.74, 6) is -0.742. The molecule has 0 aliphatic heterocycles. The number of aryl methyl sites for hydroxylation is 1. The fraction of sp³-hybridized carbons (Fsp3) is 0.462. The summed E-state index contributed by atoms with van der Waals surface area (Å²) in [6.45, 7) is 5.26. The molecule has 1 aromatic carbocycles. The van der Waals surface area contributed by atoms with E-state index in [-0.39, 0.29) is 12.2 Å². The molecule has 94 valence electrons. The van der Waals surface area contributed by atoms with Gasteiger partial charge in [0.2, 0.25) is 0 Å². The molecule has 1 rings (SSSR count). The molecule has 1 aromatic rings. The number of ether oxygens (including phenoxy) is 1. The Morgan fingerprint density at radius 3 is 2.53 bits per heavy atom. The van der Waals surface area contributed by atoms with Crippen LogP contribution in [-0.4, -0.2) is 18.2 Å². The number of rotatable bonds is 4. The minimum atomic E-state index is -0.918. The molecule has 1 N–H and O–H groups in total. The SMILES string of the molecule is COc1c(C)cc(F)cc1C(C)(C)CC(=O)O. The normalized spacial score (nSPS) is 11.4. The predicted molar refractivity (Wildman–Crippen MR) is 63.0 cm³/mol. The lowest BCUT2D eigenvalue weighted by molar-refractivity contribution is -0.138. The Labute approximate surface area is 100 Å². The summed E-state index contributed by atoms with van der Waals surface area (Å²) >= 11 is 0. The maximum atomic E-state index is 13.4. The topological polar surface area (TPSA) is 46.5 Å². The van der Waals surface area contributed by atoms with Crippen LogP contribution in [0.15, 0.2) is 12.1 Å². The van der Waals surface area contributed by atoms with Crippen molar-refractivity contribution in [2.75, 3.05) is 7.11 Å². The van der Waals surface area contributed by atoms with Gasteiger partial charge in [-0.3, -0.25) is 4.79 Å². The highest BCUT2D eigenvalue weighted by atomic mass is 19.1. The van der Waals surface area contributed by atoms with Crippen LogP contribution in [0.5, 0.6) is 5.75 Å². The van der Waals surface area contributed by atoms with Crippen LogP contribution < -0.4 is 4.74 Å². The van der Waals surface area contributed by atoms with Gasteiger partial charge >= 0.3 is 5.97 Å². The molecule has 0 aliphatic rings. The van der Waals surface area contributed by atoms with Gasteiger partial charge in [0.15, 0.2) is 0 Å². The van der Waals surface area contributed by atoms with E-state index in [0.29, 0.717) is 16.9 Å². The Kier molecular flexibility index (Phi) is 3.76. The number of hydrogen-bond donors (Lipinski definition) is 1. The van der Waals surface area contributed by atoms with Crippen molar-refractivity contribution in [3.8, 4) is 5.75 Å². The molecule has 0 saturated heterocycles. The zero-order valence-electron chi connectivity index (χ0n) is 10.5. The second kappa shape index (κ2) is 4.73. The Hall–Kier alpha value is -1.58. The summed E-state index contributed by atoms with van der Waals surface area (Å²) < 4.78 is 18.6. The van der Waals surface area contributed by atoms with Crippen LogP contribution in [0.4, 0.5) is 4.39 Å². The highest BCUT2D eigenvalue weighted by Crippen LogP contribution is 2.36. The lowest BCUT2D eigenvalue weighted by atomic mass is 9.80. The summed E-state index contributed by atoms with van der Waals surface area (Å²) in [5.41, 5.74) is 0.574. The molecule has 0 radical (unpaired) electrons. The Balaban J connectivity index is 3.33. The zero-order valence-corrected chi connectivity index (χ0v) is 10.5. The predicted octanol–water partition coefficient (Wildman–Crippen LogP) is 2.90. The first-order valence-corrected chi connectivity index (χ1v) is 5.34. The summed E-state index contributed by atoms with van der Waals surface area (Å²) in [5, 5.41) is 8.88. The maximum Gasteiger partial charge on any atom is 0.304 e. The van der Waals surface area contributed by atoms with E-state index >= 15 is 0 Å². The number of carboxylic acid groups (broad SMARTS) is 1. The van der Waals surface area contributed by atoms with E-state index in [1.54, 1.807) is 20.8 Å². The highest BCUT2D eigenvalue weighted by molar-refractivity contribution is 5.69. The fourth-order valence-electron chi connectivity index (χ4n) is 1.98. The van der Waals surface area contributed by atoms with Crippen LogP contribution in [0, 0.1) is 12.7 Å². The summed E-state index contributed by atoms with van der Waals surface area (Å²) in [4.78, 5) is 10.8. The van der Waals surface area contributed by atoms with Crippen molar-refractivity contribution in [3.63, 3.8) is 0 Å². The third-order valence-corrected chi connectivity index (χ3v) is 2.77. The van der Waals surface area contributed by atoms with Crippen molar-refractivity contribution < 1.29 is 19.0 Å². The van der Waals surface area contributed by atoms with Gasteiger partial charge in [0.25, 0.3) is 0 Å². The fourth-order valence-corrected chi connectivity index (χ4v) is 1.98. The molecule has 0 aromatic heterocycles. The molecule has 4 heteroatoms. The third-order valence-electron chi connectivity index (χ3n) is 2.77. The van der Waals surface area contributed by atoms with Gasteiger partial charge < -0.3 is 9.84 Å². The van der Waals surface area contributed by atoms with Gasteiger partial charge in [0.05, 0.1) is 13.5 Å². The van der Waals surface area contributed by atoms with E-state index in [4.69, 9.17) is 9.84 Å². The number of halogens is 1. The van der Waals surface area contributed by atoms with Crippen molar-refractivity contribution >= 4 is 5.97 Å². The van der Waals surface area contributed by atoms with Gasteiger partial charge in [-0.25, -0.2) is 4.39 Å². The monoisotopic (exact) mass is 240 g/mol. The van der Waals surface area contributed by atoms with Crippen LogP contribution in [-0.2, 0) is 10.2 Å². The molecule has 0 bridgehead atoms. The van der Waals surface area contributed by atoms with Gasteiger partial charge in [-0.05, 0) is 24.6 Å². The number of methoxy groups -OCH3 is 1. The molecular weight excluding hydrogens is 223 g/mol. The number of carboxylic acids is 1. The van der Waals surface area contributed by atoms with Crippen LogP contribution >= 0.6 is 0 Å². The third kappa shape index (κ3) is 2.96. The Morgan fingerprint density at radius 2 is 2.06 bits per heavy atom. The second-order valence-corrected chi connectivity index (χ2v) is 4.76. The first kappa shape index (κ1) is 13.5. The van der Waals surface area contributed by atoms with E-state index in [1.165, 1.54) is 19.2 Å². The molecule has 0 amide bonds. The number of carbonyl (C=O) groups is 1. The van der Waals surface area contributed by atoms with Crippen molar-refractivity contribution in [1.29, 1.82) is 0 Å². The van der Waals surface area contributed by atoms with Crippen LogP contribution in [0.3, 0.4) is 0 Å². The molecule has 3 nitrogen and oxygen atoms in total. The molecule has 0 aliphatic carbocycles. The molecular formula is C13H17FO3. The van der Waals surface area contributed by atoms with E-state index < -0.39 is 11.4 Å². The van der Waals surface area contributed by atoms with Crippen molar-refractivity contribution in [3.05, 3.63) is 29.1 Å². The van der Waals surface area contributed by atoms with Crippen molar-refractivity contribution in [2.24, 2.45) is 0 Å². The molecule has 0 atom stereocenters. The van der Waals surface area contributed by atoms with Gasteiger partial charge in [-0.15, -0.1) is 0 Å². The number of benzene rings is 1. The smallest absolute Gasteiger partial charge is 0.304 e. The average molecular weight is 240 g/mol. The standard InChI is InChI=1S/C13H17FO3/c1-8-5-9(14)6-10(12(8)17-4)13(2,3)7-11(15)16/h5-6H,7H2,1-4H3,(H,15,16). The molecule has 0 unspecified atom stereocenters. The Bertz CT molecular complexity index is 439. The number of hydrogen-bond acceptors (Lipinski definition) is 2. The van der Waals surface area contributed by atoms with E-state index in [1.807, 2.05) is 0 Å². The lowest BCUT2D eigenvalue weighted by Gasteiger charge is -2.26. The van der Waals surface area contributed by atoms with Gasteiger partial charge in [-0.2, -0.15) is 0 Å². The van der Waals surface area contributed by atoms with Crippen molar-refractivity contribution in [2.45, 2.75) is 32.6 Å². The zero-order chi connectivity index (χ0) is 13.2. The minimum Gasteiger partial charge on any atom is -0.496 e. The molecule has 0 saturated carbocycles. The largest absolute Gasteiger partial charge is 0.496 e. The van der Waals surface area contributed by atoms with E-state index in [0.717, 1.165) is 0 Å². The molecule has 17 heavy (non-hydrogen) atoms. The molecule has 0 fully saturated rings. The van der Waals surface area contributed by atoms with Gasteiger partial charge in [0, 0.05) is 11.0 Å². The first-order valence-electron chi connectivity index (χ1n) is 5.34. The van der Waals surface area contributed by atoms with Crippen LogP contribution in [0.2, 0.25) is 0 Å². The summed E-state index contributed by atoms with van der Waals surface area (Å²) in [6.07, 6.45) is -0.0771. The van der Waals surface area contributed by atoms with Crippen LogP contribution in [0.1, 0.15) is 31.4 Å². The Morgan fingerprint density at radius 1 is 1.47 bits per heavy atom. The molecule has 0 spiro atoms. The average Bonchev–Trinajstić information content (AvgIpc) is 2.14. The highest BCUT2D eigenvalue weighted by Gasteiger charge is 2.28. The van der Waals surface area contributed by atoms with Crippen molar-refractivity contribution in [1.82, 2.24) is 0 Å². The summed E-state index contributed by atoms with van der Waals surface area (Å²) in [7, 11) is 1.50. The second-order valence-electron chi connectivity index (χ2n) is 4.76. The quantitative estimate of drug-likeness (QED) is 0.880. The minimum absolute atomic E-state index is 0.0771. The van der Waals surface area contributed by atoms with Gasteiger partial charge in [0.1, 0.15) is 11.6 Å². The first-order chi connectivity index (χ1) is 7.77. The number of aliphatic carboxylic acids is 1. The lowest BCUT2D eigenvalue weighted by Crippen LogP contribution is -2.23. The van der Waals surface area contributed by atoms with Gasteiger partial charge in [-0.1, -0.05) is 13.8 Å². The van der Waals surface area contributed by atoms with Crippen LogP contribution in [0.25, 0.3) is 0 Å². The van der Waals surface area contributed by atoms with E-state index in [9.17, 15) is 9.18 Å². The molecule has 0 heterocycles. The maximum absolute atomic E-state index is 13.4.